The van der Waals surface area contributed by atoms with E-state index in [1.807, 2.05) is 53.1 Å². The molecule has 152 valence electrons. The fraction of sp³-hybridized carbons (Fsp3) is 0.250. The zero-order valence-corrected chi connectivity index (χ0v) is 18.5. The van der Waals surface area contributed by atoms with Crippen molar-refractivity contribution < 1.29 is 14.3 Å². The van der Waals surface area contributed by atoms with E-state index in [2.05, 4.69) is 31.4 Å². The Balaban J connectivity index is 1.71. The Hall–Kier alpha value is -2.36. The molecule has 1 aromatic heterocycles. The van der Waals surface area contributed by atoms with Crippen LogP contribution in [0.15, 0.2) is 58.2 Å². The summed E-state index contributed by atoms with van der Waals surface area (Å²) in [6.45, 7) is 1.10. The van der Waals surface area contributed by atoms with Crippen LogP contribution in [0, 0.1) is 0 Å². The minimum atomic E-state index is -0.107. The van der Waals surface area contributed by atoms with Gasteiger partial charge in [-0.3, -0.25) is 9.36 Å². The van der Waals surface area contributed by atoms with Gasteiger partial charge in [-0.25, -0.2) is 0 Å². The third-order valence-electron chi connectivity index (χ3n) is 4.04. The monoisotopic (exact) mass is 476 g/mol. The molecule has 2 aromatic carbocycles. The summed E-state index contributed by atoms with van der Waals surface area (Å²) in [6.07, 6.45) is 0. The quantitative estimate of drug-likeness (QED) is 0.468. The molecule has 3 rings (SSSR count). The van der Waals surface area contributed by atoms with Crippen molar-refractivity contribution in [3.63, 3.8) is 0 Å². The predicted octanol–water partition coefficient (Wildman–Crippen LogP) is 4.09. The maximum absolute atomic E-state index is 12.3. The number of thioether (sulfide) groups is 1. The van der Waals surface area contributed by atoms with Gasteiger partial charge >= 0.3 is 0 Å². The first-order chi connectivity index (χ1) is 14.1. The Morgan fingerprint density at radius 1 is 1.10 bits per heavy atom. The Morgan fingerprint density at radius 3 is 2.48 bits per heavy atom. The van der Waals surface area contributed by atoms with Crippen molar-refractivity contribution in [2.24, 2.45) is 0 Å². The van der Waals surface area contributed by atoms with E-state index in [9.17, 15) is 4.79 Å². The van der Waals surface area contributed by atoms with E-state index >= 15 is 0 Å². The van der Waals surface area contributed by atoms with E-state index < -0.39 is 0 Å². The third kappa shape index (κ3) is 5.81. The zero-order valence-electron chi connectivity index (χ0n) is 16.1. The minimum absolute atomic E-state index is 0.107. The summed E-state index contributed by atoms with van der Waals surface area (Å²) in [6, 6.07) is 15.1. The van der Waals surface area contributed by atoms with Crippen LogP contribution in [-0.4, -0.2) is 47.3 Å². The molecule has 29 heavy (non-hydrogen) atoms. The molecule has 1 N–H and O–H groups in total. The van der Waals surface area contributed by atoms with Crippen molar-refractivity contribution in [1.82, 2.24) is 14.8 Å². The Kier molecular flexibility index (Phi) is 7.68. The SMILES string of the molecule is COCCn1c(SCC(=O)Nc2ccc(Br)cc2)nnc1-c1ccc(OC)cc1. The molecule has 0 aliphatic heterocycles. The number of methoxy groups -OCH3 is 2. The first kappa shape index (κ1) is 21.4. The number of carbonyl (C=O) groups is 1. The summed E-state index contributed by atoms with van der Waals surface area (Å²) < 4.78 is 13.4. The highest BCUT2D eigenvalue weighted by Crippen LogP contribution is 2.26. The van der Waals surface area contributed by atoms with E-state index in [4.69, 9.17) is 9.47 Å². The summed E-state index contributed by atoms with van der Waals surface area (Å²) in [4.78, 5) is 12.3. The van der Waals surface area contributed by atoms with E-state index in [0.717, 1.165) is 27.3 Å². The molecule has 0 aliphatic rings. The number of carbonyl (C=O) groups excluding carboxylic acids is 1. The van der Waals surface area contributed by atoms with Gasteiger partial charge in [0.15, 0.2) is 11.0 Å². The van der Waals surface area contributed by atoms with Crippen LogP contribution in [0.2, 0.25) is 0 Å². The average molecular weight is 477 g/mol. The fourth-order valence-corrected chi connectivity index (χ4v) is 3.62. The number of nitrogens with zero attached hydrogens (tertiary/aromatic N) is 3. The first-order valence-electron chi connectivity index (χ1n) is 8.85. The summed E-state index contributed by atoms with van der Waals surface area (Å²) in [5.41, 5.74) is 1.67. The molecule has 0 radical (unpaired) electrons. The molecule has 0 saturated carbocycles. The van der Waals surface area contributed by atoms with Crippen molar-refractivity contribution in [2.45, 2.75) is 11.7 Å². The van der Waals surface area contributed by atoms with E-state index in [1.165, 1.54) is 11.8 Å². The molecule has 0 spiro atoms. The van der Waals surface area contributed by atoms with Gasteiger partial charge in [0.2, 0.25) is 5.91 Å². The van der Waals surface area contributed by atoms with Gasteiger partial charge in [-0.05, 0) is 48.5 Å². The van der Waals surface area contributed by atoms with Crippen molar-refractivity contribution in [3.05, 3.63) is 53.0 Å². The lowest BCUT2D eigenvalue weighted by molar-refractivity contribution is -0.113. The molecule has 7 nitrogen and oxygen atoms in total. The Labute approximate surface area is 181 Å². The molecule has 0 fully saturated rings. The summed E-state index contributed by atoms with van der Waals surface area (Å²) in [5, 5.41) is 12.1. The van der Waals surface area contributed by atoms with Crippen LogP contribution < -0.4 is 10.1 Å². The number of aromatic nitrogens is 3. The lowest BCUT2D eigenvalue weighted by Gasteiger charge is -2.10. The second-order valence-corrected chi connectivity index (χ2v) is 7.88. The standard InChI is InChI=1S/C20H21BrN4O3S/c1-27-12-11-25-19(14-3-9-17(28-2)10-4-14)23-24-20(25)29-13-18(26)22-16-7-5-15(21)6-8-16/h3-10H,11-13H2,1-2H3,(H,22,26). The largest absolute Gasteiger partial charge is 0.497 e. The maximum Gasteiger partial charge on any atom is 0.234 e. The summed E-state index contributed by atoms with van der Waals surface area (Å²) in [5.74, 6) is 1.62. The van der Waals surface area contributed by atoms with E-state index in [-0.39, 0.29) is 11.7 Å². The molecule has 9 heteroatoms. The van der Waals surface area contributed by atoms with Crippen molar-refractivity contribution >= 4 is 39.3 Å². The molecule has 0 aliphatic carbocycles. The van der Waals surface area contributed by atoms with Crippen LogP contribution in [0.3, 0.4) is 0 Å². The van der Waals surface area contributed by atoms with Crippen molar-refractivity contribution in [1.29, 1.82) is 0 Å². The highest BCUT2D eigenvalue weighted by Gasteiger charge is 2.16. The number of amides is 1. The topological polar surface area (TPSA) is 78.3 Å². The highest BCUT2D eigenvalue weighted by atomic mass is 79.9. The molecule has 0 atom stereocenters. The van der Waals surface area contributed by atoms with E-state index in [0.29, 0.717) is 18.3 Å². The Bertz CT molecular complexity index is 945. The number of halogens is 1. The van der Waals surface area contributed by atoms with Crippen molar-refractivity contribution in [2.75, 3.05) is 31.9 Å². The molecule has 0 saturated heterocycles. The lowest BCUT2D eigenvalue weighted by atomic mass is 10.2. The molecular weight excluding hydrogens is 456 g/mol. The van der Waals surface area contributed by atoms with Crippen LogP contribution in [0.25, 0.3) is 11.4 Å². The second-order valence-electron chi connectivity index (χ2n) is 6.02. The molecule has 3 aromatic rings. The zero-order chi connectivity index (χ0) is 20.6. The number of benzene rings is 2. The minimum Gasteiger partial charge on any atom is -0.497 e. The lowest BCUT2D eigenvalue weighted by Crippen LogP contribution is -2.15. The van der Waals surface area contributed by atoms with Gasteiger partial charge in [0.25, 0.3) is 0 Å². The van der Waals surface area contributed by atoms with Gasteiger partial charge < -0.3 is 14.8 Å². The highest BCUT2D eigenvalue weighted by molar-refractivity contribution is 9.10. The van der Waals surface area contributed by atoms with Gasteiger partial charge in [0, 0.05) is 22.8 Å². The van der Waals surface area contributed by atoms with Gasteiger partial charge in [0.1, 0.15) is 5.75 Å². The van der Waals surface area contributed by atoms with Crippen molar-refractivity contribution in [3.8, 4) is 17.1 Å². The predicted molar refractivity (Wildman–Crippen MR) is 117 cm³/mol. The average Bonchev–Trinajstić information content (AvgIpc) is 3.15. The normalized spacial score (nSPS) is 10.7. The number of nitrogens with one attached hydrogen (secondary N) is 1. The van der Waals surface area contributed by atoms with Gasteiger partial charge in [-0.15, -0.1) is 10.2 Å². The van der Waals surface area contributed by atoms with Gasteiger partial charge in [0.05, 0.1) is 26.0 Å². The number of rotatable bonds is 9. The smallest absolute Gasteiger partial charge is 0.234 e. The number of ether oxygens (including phenoxy) is 2. The number of hydrogen-bond acceptors (Lipinski definition) is 6. The fourth-order valence-electron chi connectivity index (χ4n) is 2.59. The van der Waals surface area contributed by atoms with Gasteiger partial charge in [-0.1, -0.05) is 27.7 Å². The molecule has 1 amide bonds. The summed E-state index contributed by atoms with van der Waals surface area (Å²) in [7, 11) is 3.28. The maximum atomic E-state index is 12.3. The van der Waals surface area contributed by atoms with Crippen LogP contribution >= 0.6 is 27.7 Å². The first-order valence-corrected chi connectivity index (χ1v) is 10.6. The van der Waals surface area contributed by atoms with Crippen LogP contribution in [-0.2, 0) is 16.1 Å². The number of hydrogen-bond donors (Lipinski definition) is 1. The summed E-state index contributed by atoms with van der Waals surface area (Å²) >= 11 is 4.72. The van der Waals surface area contributed by atoms with Gasteiger partial charge in [-0.2, -0.15) is 0 Å². The molecule has 0 bridgehead atoms. The second kappa shape index (κ2) is 10.4. The Morgan fingerprint density at radius 2 is 1.83 bits per heavy atom. The third-order valence-corrected chi connectivity index (χ3v) is 5.54. The van der Waals surface area contributed by atoms with Crippen LogP contribution in [0.1, 0.15) is 0 Å². The number of anilines is 1. The van der Waals surface area contributed by atoms with Crippen LogP contribution in [0.4, 0.5) is 5.69 Å². The molecule has 1 heterocycles. The van der Waals surface area contributed by atoms with Crippen LogP contribution in [0.5, 0.6) is 5.75 Å². The molecule has 0 unspecified atom stereocenters. The molecular formula is C20H21BrN4O3S. The van der Waals surface area contributed by atoms with E-state index in [1.54, 1.807) is 14.2 Å².